The standard InChI is InChI=1S/C16H22O2/c1-18-16(14-10-6-3-7-11-14)15(17)12-13-8-4-2-5-9-13/h3,6-7,10-11,13,16H,2,4-5,8-9,12H2,1H3. The van der Waals surface area contributed by atoms with Crippen LogP contribution < -0.4 is 0 Å². The van der Waals surface area contributed by atoms with Crippen LogP contribution in [0.2, 0.25) is 0 Å². The molecule has 98 valence electrons. The van der Waals surface area contributed by atoms with E-state index in [2.05, 4.69) is 0 Å². The molecule has 0 aromatic heterocycles. The van der Waals surface area contributed by atoms with Gasteiger partial charge in [-0.15, -0.1) is 0 Å². The molecule has 2 heteroatoms. The van der Waals surface area contributed by atoms with Gasteiger partial charge in [-0.2, -0.15) is 0 Å². The topological polar surface area (TPSA) is 26.3 Å². The lowest BCUT2D eigenvalue weighted by atomic mass is 9.84. The number of carbonyl (C=O) groups excluding carboxylic acids is 1. The molecule has 0 aliphatic heterocycles. The molecule has 1 unspecified atom stereocenters. The predicted octanol–water partition coefficient (Wildman–Crippen LogP) is 3.91. The first-order valence-electron chi connectivity index (χ1n) is 6.91. The molecule has 0 N–H and O–H groups in total. The zero-order valence-corrected chi connectivity index (χ0v) is 11.1. The molecular formula is C16H22O2. The summed E-state index contributed by atoms with van der Waals surface area (Å²) in [5, 5.41) is 0. The summed E-state index contributed by atoms with van der Waals surface area (Å²) in [5.74, 6) is 0.809. The van der Waals surface area contributed by atoms with Crippen LogP contribution in [0.15, 0.2) is 30.3 Å². The van der Waals surface area contributed by atoms with Crippen LogP contribution in [0.1, 0.15) is 50.2 Å². The zero-order chi connectivity index (χ0) is 12.8. The van der Waals surface area contributed by atoms with Crippen LogP contribution in [0.25, 0.3) is 0 Å². The second-order valence-corrected chi connectivity index (χ2v) is 5.20. The maximum Gasteiger partial charge on any atom is 0.166 e. The Morgan fingerprint density at radius 2 is 1.89 bits per heavy atom. The fourth-order valence-corrected chi connectivity index (χ4v) is 2.86. The molecule has 0 amide bonds. The molecule has 0 heterocycles. The number of benzene rings is 1. The molecule has 1 aliphatic rings. The highest BCUT2D eigenvalue weighted by molar-refractivity contribution is 5.84. The van der Waals surface area contributed by atoms with Gasteiger partial charge in [-0.05, 0) is 11.5 Å². The van der Waals surface area contributed by atoms with E-state index < -0.39 is 0 Å². The molecule has 0 saturated heterocycles. The molecular weight excluding hydrogens is 224 g/mol. The first kappa shape index (κ1) is 13.3. The fraction of sp³-hybridized carbons (Fsp3) is 0.562. The molecule has 1 fully saturated rings. The van der Waals surface area contributed by atoms with Crippen LogP contribution in [0, 0.1) is 5.92 Å². The molecule has 2 nitrogen and oxygen atoms in total. The number of methoxy groups -OCH3 is 1. The third kappa shape index (κ3) is 3.42. The van der Waals surface area contributed by atoms with Crippen LogP contribution in [-0.4, -0.2) is 12.9 Å². The third-order valence-corrected chi connectivity index (χ3v) is 3.85. The number of hydrogen-bond acceptors (Lipinski definition) is 2. The number of carbonyl (C=O) groups is 1. The van der Waals surface area contributed by atoms with Crippen molar-refractivity contribution in [2.75, 3.05) is 7.11 Å². The van der Waals surface area contributed by atoms with Crippen molar-refractivity contribution in [3.63, 3.8) is 0 Å². The van der Waals surface area contributed by atoms with Gasteiger partial charge in [0, 0.05) is 13.5 Å². The largest absolute Gasteiger partial charge is 0.369 e. The monoisotopic (exact) mass is 246 g/mol. The van der Waals surface area contributed by atoms with Crippen molar-refractivity contribution >= 4 is 5.78 Å². The summed E-state index contributed by atoms with van der Waals surface area (Å²) < 4.78 is 5.39. The summed E-state index contributed by atoms with van der Waals surface area (Å²) in [4.78, 5) is 12.3. The van der Waals surface area contributed by atoms with E-state index in [1.165, 1.54) is 32.1 Å². The van der Waals surface area contributed by atoms with Gasteiger partial charge in [0.1, 0.15) is 6.10 Å². The lowest BCUT2D eigenvalue weighted by Gasteiger charge is -2.23. The van der Waals surface area contributed by atoms with Gasteiger partial charge < -0.3 is 4.74 Å². The van der Waals surface area contributed by atoms with E-state index in [1.54, 1.807) is 7.11 Å². The molecule has 1 atom stereocenters. The Morgan fingerprint density at radius 1 is 1.22 bits per heavy atom. The minimum absolute atomic E-state index is 0.232. The van der Waals surface area contributed by atoms with Crippen LogP contribution in [0.4, 0.5) is 0 Å². The van der Waals surface area contributed by atoms with Crippen LogP contribution in [-0.2, 0) is 9.53 Å². The van der Waals surface area contributed by atoms with E-state index in [9.17, 15) is 4.79 Å². The van der Waals surface area contributed by atoms with E-state index in [4.69, 9.17) is 4.74 Å². The van der Waals surface area contributed by atoms with Crippen LogP contribution in [0.3, 0.4) is 0 Å². The normalized spacial score (nSPS) is 18.5. The summed E-state index contributed by atoms with van der Waals surface area (Å²) in [5.41, 5.74) is 0.973. The summed E-state index contributed by atoms with van der Waals surface area (Å²) in [6, 6.07) is 9.80. The van der Waals surface area contributed by atoms with Crippen molar-refractivity contribution in [3.8, 4) is 0 Å². The summed E-state index contributed by atoms with van der Waals surface area (Å²) in [7, 11) is 1.62. The fourth-order valence-electron chi connectivity index (χ4n) is 2.86. The van der Waals surface area contributed by atoms with E-state index >= 15 is 0 Å². The molecule has 1 aliphatic carbocycles. The SMILES string of the molecule is COC(C(=O)CC1CCCCC1)c1ccccc1. The number of rotatable bonds is 5. The molecule has 1 aromatic rings. The van der Waals surface area contributed by atoms with Crippen molar-refractivity contribution < 1.29 is 9.53 Å². The lowest BCUT2D eigenvalue weighted by Crippen LogP contribution is -2.19. The van der Waals surface area contributed by atoms with Crippen molar-refractivity contribution in [2.45, 2.75) is 44.6 Å². The predicted molar refractivity (Wildman–Crippen MR) is 72.4 cm³/mol. The number of hydrogen-bond donors (Lipinski definition) is 0. The highest BCUT2D eigenvalue weighted by Crippen LogP contribution is 2.29. The van der Waals surface area contributed by atoms with Crippen LogP contribution in [0.5, 0.6) is 0 Å². The summed E-state index contributed by atoms with van der Waals surface area (Å²) in [6.45, 7) is 0. The maximum atomic E-state index is 12.3. The summed E-state index contributed by atoms with van der Waals surface area (Å²) >= 11 is 0. The van der Waals surface area contributed by atoms with Gasteiger partial charge in [0.25, 0.3) is 0 Å². The van der Waals surface area contributed by atoms with Gasteiger partial charge in [0.15, 0.2) is 5.78 Å². The Morgan fingerprint density at radius 3 is 2.50 bits per heavy atom. The molecule has 0 spiro atoms. The highest BCUT2D eigenvalue weighted by atomic mass is 16.5. The zero-order valence-electron chi connectivity index (χ0n) is 11.1. The van der Waals surface area contributed by atoms with E-state index in [0.29, 0.717) is 12.3 Å². The van der Waals surface area contributed by atoms with Gasteiger partial charge in [0.05, 0.1) is 0 Å². The number of ketones is 1. The maximum absolute atomic E-state index is 12.3. The minimum Gasteiger partial charge on any atom is -0.369 e. The van der Waals surface area contributed by atoms with Gasteiger partial charge in [-0.25, -0.2) is 0 Å². The van der Waals surface area contributed by atoms with Gasteiger partial charge >= 0.3 is 0 Å². The quantitative estimate of drug-likeness (QED) is 0.787. The average Bonchev–Trinajstić information content (AvgIpc) is 2.42. The second-order valence-electron chi connectivity index (χ2n) is 5.20. The first-order chi connectivity index (χ1) is 8.81. The Bertz CT molecular complexity index is 366. The summed E-state index contributed by atoms with van der Waals surface area (Å²) in [6.07, 6.45) is 6.59. The Hall–Kier alpha value is -1.15. The molecule has 1 saturated carbocycles. The highest BCUT2D eigenvalue weighted by Gasteiger charge is 2.24. The van der Waals surface area contributed by atoms with Crippen molar-refractivity contribution in [1.29, 1.82) is 0 Å². The Kier molecular flexibility index (Phi) is 4.94. The van der Waals surface area contributed by atoms with Crippen molar-refractivity contribution in [3.05, 3.63) is 35.9 Å². The Balaban J connectivity index is 1.97. The molecule has 0 bridgehead atoms. The van der Waals surface area contributed by atoms with Gasteiger partial charge in [-0.1, -0.05) is 62.4 Å². The molecule has 0 radical (unpaired) electrons. The second kappa shape index (κ2) is 6.69. The lowest BCUT2D eigenvalue weighted by molar-refractivity contribution is -0.130. The first-order valence-corrected chi connectivity index (χ1v) is 6.91. The van der Waals surface area contributed by atoms with Crippen LogP contribution >= 0.6 is 0 Å². The van der Waals surface area contributed by atoms with Gasteiger partial charge in [-0.3, -0.25) is 4.79 Å². The average molecular weight is 246 g/mol. The molecule has 18 heavy (non-hydrogen) atoms. The Labute approximate surface area is 109 Å². The van der Waals surface area contributed by atoms with Crippen molar-refractivity contribution in [1.82, 2.24) is 0 Å². The number of ether oxygens (including phenoxy) is 1. The van der Waals surface area contributed by atoms with E-state index in [1.807, 2.05) is 30.3 Å². The minimum atomic E-state index is -0.381. The molecule has 2 rings (SSSR count). The number of Topliss-reactive ketones (excluding diaryl/α,β-unsaturated/α-hetero) is 1. The van der Waals surface area contributed by atoms with Gasteiger partial charge in [0.2, 0.25) is 0 Å². The van der Waals surface area contributed by atoms with E-state index in [-0.39, 0.29) is 11.9 Å². The third-order valence-electron chi connectivity index (χ3n) is 3.85. The smallest absolute Gasteiger partial charge is 0.166 e. The van der Waals surface area contributed by atoms with Crippen molar-refractivity contribution in [2.24, 2.45) is 5.92 Å². The molecule has 1 aromatic carbocycles. The van der Waals surface area contributed by atoms with E-state index in [0.717, 1.165) is 5.56 Å².